The van der Waals surface area contributed by atoms with E-state index in [0.29, 0.717) is 12.6 Å². The zero-order chi connectivity index (χ0) is 13.7. The molecule has 110 valence electrons. The minimum absolute atomic E-state index is 0.0386. The summed E-state index contributed by atoms with van der Waals surface area (Å²) in [6.45, 7) is 6.51. The predicted octanol–water partition coefficient (Wildman–Crippen LogP) is 1.93. The summed E-state index contributed by atoms with van der Waals surface area (Å²) in [6.07, 6.45) is 7.18. The van der Waals surface area contributed by atoms with Crippen molar-refractivity contribution in [2.24, 2.45) is 0 Å². The second-order valence-electron chi connectivity index (χ2n) is 5.75. The monoisotopic (exact) mass is 268 g/mol. The molecule has 1 aliphatic carbocycles. The van der Waals surface area contributed by atoms with Crippen molar-refractivity contribution < 1.29 is 9.53 Å². The summed E-state index contributed by atoms with van der Waals surface area (Å²) in [5.74, 6) is -0.0386. The van der Waals surface area contributed by atoms with Crippen LogP contribution in [-0.4, -0.2) is 48.7 Å². The Kier molecular flexibility index (Phi) is 5.64. The molecule has 1 saturated heterocycles. The minimum Gasteiger partial charge on any atom is -0.465 e. The van der Waals surface area contributed by atoms with Gasteiger partial charge in [0.15, 0.2) is 0 Å². The van der Waals surface area contributed by atoms with Gasteiger partial charge in [0.2, 0.25) is 0 Å². The van der Waals surface area contributed by atoms with Gasteiger partial charge in [-0.2, -0.15) is 0 Å². The van der Waals surface area contributed by atoms with Crippen LogP contribution in [0.3, 0.4) is 0 Å². The van der Waals surface area contributed by atoms with Gasteiger partial charge in [0.25, 0.3) is 0 Å². The fourth-order valence-corrected chi connectivity index (χ4v) is 3.02. The third-order valence-electron chi connectivity index (χ3n) is 4.24. The summed E-state index contributed by atoms with van der Waals surface area (Å²) in [6, 6.07) is 1.20. The standard InChI is InChI=1S/C15H28N2O2/c1-3-14(15(18)19-4-2)17-10-6-5-7-13(17)11-16-12-8-9-12/h12-14,16H,3-11H2,1-2H3. The number of ether oxygens (including phenoxy) is 1. The molecule has 0 radical (unpaired) electrons. The fraction of sp³-hybridized carbons (Fsp3) is 0.933. The maximum absolute atomic E-state index is 12.1. The smallest absolute Gasteiger partial charge is 0.323 e. The highest BCUT2D eigenvalue weighted by Gasteiger charge is 2.33. The summed E-state index contributed by atoms with van der Waals surface area (Å²) in [4.78, 5) is 14.5. The maximum Gasteiger partial charge on any atom is 0.323 e. The van der Waals surface area contributed by atoms with Gasteiger partial charge in [0.05, 0.1) is 6.61 Å². The van der Waals surface area contributed by atoms with E-state index in [2.05, 4.69) is 17.1 Å². The van der Waals surface area contributed by atoms with Crippen molar-refractivity contribution in [2.75, 3.05) is 19.7 Å². The summed E-state index contributed by atoms with van der Waals surface area (Å²) in [5.41, 5.74) is 0. The molecule has 1 saturated carbocycles. The molecule has 1 N–H and O–H groups in total. The van der Waals surface area contributed by atoms with Crippen LogP contribution in [0.15, 0.2) is 0 Å². The molecule has 2 fully saturated rings. The number of rotatable bonds is 7. The van der Waals surface area contributed by atoms with Crippen LogP contribution in [0, 0.1) is 0 Å². The first-order valence-electron chi connectivity index (χ1n) is 7.92. The van der Waals surface area contributed by atoms with Gasteiger partial charge in [-0.3, -0.25) is 9.69 Å². The number of esters is 1. The number of hydrogen-bond acceptors (Lipinski definition) is 4. The molecule has 4 nitrogen and oxygen atoms in total. The third kappa shape index (κ3) is 4.18. The molecule has 19 heavy (non-hydrogen) atoms. The number of carbonyl (C=O) groups excluding carboxylic acids is 1. The van der Waals surface area contributed by atoms with Crippen molar-refractivity contribution in [3.8, 4) is 0 Å². The van der Waals surface area contributed by atoms with E-state index in [0.717, 1.165) is 25.6 Å². The molecule has 0 aromatic heterocycles. The quantitative estimate of drug-likeness (QED) is 0.716. The highest BCUT2D eigenvalue weighted by molar-refractivity contribution is 5.75. The second kappa shape index (κ2) is 7.25. The van der Waals surface area contributed by atoms with E-state index in [1.807, 2.05) is 6.92 Å². The first-order chi connectivity index (χ1) is 9.26. The lowest BCUT2D eigenvalue weighted by atomic mass is 9.98. The fourth-order valence-electron chi connectivity index (χ4n) is 3.02. The van der Waals surface area contributed by atoms with Gasteiger partial charge < -0.3 is 10.1 Å². The van der Waals surface area contributed by atoms with E-state index in [-0.39, 0.29) is 12.0 Å². The van der Waals surface area contributed by atoms with Crippen LogP contribution < -0.4 is 5.32 Å². The Morgan fingerprint density at radius 2 is 2.11 bits per heavy atom. The summed E-state index contributed by atoms with van der Waals surface area (Å²) in [5, 5.41) is 3.61. The van der Waals surface area contributed by atoms with E-state index in [1.54, 1.807) is 0 Å². The van der Waals surface area contributed by atoms with Gasteiger partial charge in [-0.15, -0.1) is 0 Å². The van der Waals surface area contributed by atoms with E-state index >= 15 is 0 Å². The molecule has 0 bridgehead atoms. The number of nitrogens with one attached hydrogen (secondary N) is 1. The van der Waals surface area contributed by atoms with Crippen LogP contribution in [0.4, 0.5) is 0 Å². The van der Waals surface area contributed by atoms with Gasteiger partial charge in [0, 0.05) is 18.6 Å². The molecule has 0 aromatic rings. The van der Waals surface area contributed by atoms with Crippen molar-refractivity contribution in [1.82, 2.24) is 10.2 Å². The Labute approximate surface area is 116 Å². The van der Waals surface area contributed by atoms with Crippen LogP contribution in [0.5, 0.6) is 0 Å². The maximum atomic E-state index is 12.1. The average molecular weight is 268 g/mol. The lowest BCUT2D eigenvalue weighted by molar-refractivity contribution is -0.151. The van der Waals surface area contributed by atoms with Gasteiger partial charge in [-0.1, -0.05) is 13.3 Å². The van der Waals surface area contributed by atoms with Crippen molar-refractivity contribution in [1.29, 1.82) is 0 Å². The van der Waals surface area contributed by atoms with E-state index in [9.17, 15) is 4.79 Å². The molecule has 0 amide bonds. The normalized spacial score (nSPS) is 26.1. The Morgan fingerprint density at radius 1 is 1.32 bits per heavy atom. The molecular formula is C15H28N2O2. The summed E-state index contributed by atoms with van der Waals surface area (Å²) in [7, 11) is 0. The highest BCUT2D eigenvalue weighted by Crippen LogP contribution is 2.24. The van der Waals surface area contributed by atoms with Crippen molar-refractivity contribution in [3.05, 3.63) is 0 Å². The largest absolute Gasteiger partial charge is 0.465 e. The number of likely N-dealkylation sites (tertiary alicyclic amines) is 1. The van der Waals surface area contributed by atoms with Crippen LogP contribution in [0.1, 0.15) is 52.4 Å². The van der Waals surface area contributed by atoms with Gasteiger partial charge >= 0.3 is 5.97 Å². The molecule has 2 unspecified atom stereocenters. The molecule has 4 heteroatoms. The summed E-state index contributed by atoms with van der Waals surface area (Å²) >= 11 is 0. The number of hydrogen-bond donors (Lipinski definition) is 1. The van der Waals surface area contributed by atoms with Crippen molar-refractivity contribution in [2.45, 2.75) is 70.5 Å². The third-order valence-corrected chi connectivity index (χ3v) is 4.24. The minimum atomic E-state index is -0.0498. The van der Waals surface area contributed by atoms with Gasteiger partial charge in [-0.05, 0) is 45.6 Å². The first kappa shape index (κ1) is 14.8. The Morgan fingerprint density at radius 3 is 2.74 bits per heavy atom. The van der Waals surface area contributed by atoms with Crippen molar-refractivity contribution >= 4 is 5.97 Å². The van der Waals surface area contributed by atoms with E-state index < -0.39 is 0 Å². The Bertz CT molecular complexity index is 292. The van der Waals surface area contributed by atoms with Crippen molar-refractivity contribution in [3.63, 3.8) is 0 Å². The molecule has 2 atom stereocenters. The summed E-state index contributed by atoms with van der Waals surface area (Å²) < 4.78 is 5.23. The SMILES string of the molecule is CCOC(=O)C(CC)N1CCCCC1CNC1CC1. The van der Waals surface area contributed by atoms with Gasteiger partial charge in [0.1, 0.15) is 6.04 Å². The molecule has 0 aromatic carbocycles. The first-order valence-corrected chi connectivity index (χ1v) is 7.92. The predicted molar refractivity (Wildman–Crippen MR) is 76.1 cm³/mol. The Balaban J connectivity index is 1.92. The zero-order valence-corrected chi connectivity index (χ0v) is 12.4. The molecule has 1 heterocycles. The zero-order valence-electron chi connectivity index (χ0n) is 12.4. The van der Waals surface area contributed by atoms with Crippen LogP contribution in [-0.2, 0) is 9.53 Å². The molecule has 2 aliphatic rings. The number of nitrogens with zero attached hydrogens (tertiary/aromatic N) is 1. The average Bonchev–Trinajstić information content (AvgIpc) is 3.23. The second-order valence-corrected chi connectivity index (χ2v) is 5.75. The topological polar surface area (TPSA) is 41.6 Å². The molecule has 1 aliphatic heterocycles. The van der Waals surface area contributed by atoms with E-state index in [4.69, 9.17) is 4.74 Å². The molecule has 0 spiro atoms. The van der Waals surface area contributed by atoms with Crippen LogP contribution >= 0.6 is 0 Å². The van der Waals surface area contributed by atoms with Crippen LogP contribution in [0.25, 0.3) is 0 Å². The lowest BCUT2D eigenvalue weighted by Crippen LogP contribution is -2.53. The van der Waals surface area contributed by atoms with Crippen LogP contribution in [0.2, 0.25) is 0 Å². The number of carbonyl (C=O) groups is 1. The molecular weight excluding hydrogens is 240 g/mol. The lowest BCUT2D eigenvalue weighted by Gasteiger charge is -2.40. The Hall–Kier alpha value is -0.610. The van der Waals surface area contributed by atoms with Gasteiger partial charge in [-0.25, -0.2) is 0 Å². The van der Waals surface area contributed by atoms with E-state index in [1.165, 1.54) is 32.1 Å². The molecule has 2 rings (SSSR count). The highest BCUT2D eigenvalue weighted by atomic mass is 16.5. The number of piperidine rings is 1.